The third-order valence-corrected chi connectivity index (χ3v) is 11.8. The Morgan fingerprint density at radius 1 is 0.527 bits per heavy atom. The Morgan fingerprint density at radius 2 is 1.20 bits per heavy atom. The highest BCUT2D eigenvalue weighted by Gasteiger charge is 2.53. The second-order valence-electron chi connectivity index (χ2n) is 14.9. The molecule has 8 aromatic rings. The van der Waals surface area contributed by atoms with Gasteiger partial charge in [0, 0.05) is 33.4 Å². The standard InChI is InChI=1S/C52H36N2O/c1-33-15-13-23-41-39-21-9-10-25-43(39)52(49(33)41)44-26-11-12-28-48(44)55-50-42(24-14-27-45(50)52)38-20-7-8-22-40(38)47-32-46(53-51(54-47)35-17-3-2-4-18-35)37-30-29-34-16-5-6-19-36(34)31-37/h2-14,16-33H,15H2,1H3. The van der Waals surface area contributed by atoms with Crippen molar-refractivity contribution in [2.45, 2.75) is 18.8 Å². The lowest BCUT2D eigenvalue weighted by atomic mass is 9.61. The predicted octanol–water partition coefficient (Wildman–Crippen LogP) is 13.1. The van der Waals surface area contributed by atoms with Gasteiger partial charge in [0.1, 0.15) is 11.5 Å². The molecule has 11 rings (SSSR count). The van der Waals surface area contributed by atoms with Crippen LogP contribution in [0.25, 0.3) is 61.4 Å². The molecule has 0 radical (unpaired) electrons. The molecule has 0 N–H and O–H groups in total. The van der Waals surface area contributed by atoms with Gasteiger partial charge in [-0.15, -0.1) is 0 Å². The average molecular weight is 705 g/mol. The van der Waals surface area contributed by atoms with Gasteiger partial charge in [0.15, 0.2) is 5.82 Å². The Kier molecular flexibility index (Phi) is 7.12. The van der Waals surface area contributed by atoms with E-state index in [1.165, 1.54) is 44.2 Å². The smallest absolute Gasteiger partial charge is 0.160 e. The Labute approximate surface area is 321 Å². The van der Waals surface area contributed by atoms with E-state index >= 15 is 0 Å². The monoisotopic (exact) mass is 704 g/mol. The fraction of sp³-hybridized carbons (Fsp3) is 0.0769. The van der Waals surface area contributed by atoms with E-state index in [1.54, 1.807) is 0 Å². The average Bonchev–Trinajstić information content (AvgIpc) is 3.55. The molecule has 2 atom stereocenters. The van der Waals surface area contributed by atoms with Crippen LogP contribution in [0.4, 0.5) is 0 Å². The number of aromatic nitrogens is 2. The van der Waals surface area contributed by atoms with Gasteiger partial charge in [-0.05, 0) is 69.1 Å². The van der Waals surface area contributed by atoms with Gasteiger partial charge < -0.3 is 4.74 Å². The Hall–Kier alpha value is -6.84. The summed E-state index contributed by atoms with van der Waals surface area (Å²) in [7, 11) is 0. The number of fused-ring (bicyclic) bond motifs is 9. The largest absolute Gasteiger partial charge is 0.456 e. The van der Waals surface area contributed by atoms with Crippen molar-refractivity contribution in [1.82, 2.24) is 9.97 Å². The van der Waals surface area contributed by atoms with Gasteiger partial charge in [-0.3, -0.25) is 0 Å². The molecule has 260 valence electrons. The molecule has 0 fully saturated rings. The van der Waals surface area contributed by atoms with Gasteiger partial charge in [-0.1, -0.05) is 171 Å². The molecule has 2 heterocycles. The van der Waals surface area contributed by atoms with Gasteiger partial charge in [0.25, 0.3) is 0 Å². The molecule has 3 nitrogen and oxygen atoms in total. The summed E-state index contributed by atoms with van der Waals surface area (Å²) in [6, 6.07) is 60.4. The number of ether oxygens (including phenoxy) is 1. The molecule has 2 unspecified atom stereocenters. The van der Waals surface area contributed by atoms with Gasteiger partial charge in [-0.2, -0.15) is 0 Å². The third kappa shape index (κ3) is 4.76. The Balaban J connectivity index is 1.15. The molecule has 1 aliphatic heterocycles. The molecule has 2 aliphatic carbocycles. The van der Waals surface area contributed by atoms with Gasteiger partial charge in [-0.25, -0.2) is 9.97 Å². The molecule has 0 saturated heterocycles. The minimum absolute atomic E-state index is 0.355. The van der Waals surface area contributed by atoms with Crippen LogP contribution in [0.3, 0.4) is 0 Å². The summed E-state index contributed by atoms with van der Waals surface area (Å²) in [5.41, 5.74) is 14.2. The van der Waals surface area contributed by atoms with Crippen molar-refractivity contribution < 1.29 is 4.74 Å². The topological polar surface area (TPSA) is 35.0 Å². The third-order valence-electron chi connectivity index (χ3n) is 11.8. The number of para-hydroxylation sites is 2. The predicted molar refractivity (Wildman–Crippen MR) is 224 cm³/mol. The molecule has 55 heavy (non-hydrogen) atoms. The number of allylic oxidation sites excluding steroid dienone is 4. The molecule has 0 bridgehead atoms. The number of hydrogen-bond acceptors (Lipinski definition) is 3. The zero-order valence-corrected chi connectivity index (χ0v) is 30.4. The lowest BCUT2D eigenvalue weighted by Gasteiger charge is -2.43. The summed E-state index contributed by atoms with van der Waals surface area (Å²) in [6.45, 7) is 2.38. The SMILES string of the molecule is CC1CC=CC2=C1C1(c3ccccc3Oc3c(-c4ccccc4-c4cc(-c5ccc6ccccc6c5)nc(-c5ccccc5)n4)cccc31)c1ccccc12. The maximum absolute atomic E-state index is 7.12. The van der Waals surface area contributed by atoms with E-state index in [-0.39, 0.29) is 0 Å². The maximum Gasteiger partial charge on any atom is 0.160 e. The van der Waals surface area contributed by atoms with E-state index in [2.05, 4.69) is 171 Å². The summed E-state index contributed by atoms with van der Waals surface area (Å²) < 4.78 is 7.12. The van der Waals surface area contributed by atoms with Crippen molar-refractivity contribution in [3.63, 3.8) is 0 Å². The van der Waals surface area contributed by atoms with Gasteiger partial charge in [0.05, 0.1) is 16.8 Å². The normalized spacial score (nSPS) is 17.7. The Bertz CT molecular complexity index is 2900. The van der Waals surface area contributed by atoms with Crippen molar-refractivity contribution in [2.75, 3.05) is 0 Å². The van der Waals surface area contributed by atoms with Crippen LogP contribution in [0.5, 0.6) is 11.5 Å². The first kappa shape index (κ1) is 31.7. The van der Waals surface area contributed by atoms with E-state index in [9.17, 15) is 0 Å². The van der Waals surface area contributed by atoms with E-state index < -0.39 is 5.41 Å². The van der Waals surface area contributed by atoms with E-state index in [0.29, 0.717) is 11.7 Å². The highest BCUT2D eigenvalue weighted by Crippen LogP contribution is 2.65. The summed E-state index contributed by atoms with van der Waals surface area (Å²) in [6.07, 6.45) is 5.70. The molecule has 7 aromatic carbocycles. The van der Waals surface area contributed by atoms with Crippen LogP contribution in [0.2, 0.25) is 0 Å². The lowest BCUT2D eigenvalue weighted by Crippen LogP contribution is -2.35. The van der Waals surface area contributed by atoms with Crippen LogP contribution in [-0.4, -0.2) is 9.97 Å². The minimum Gasteiger partial charge on any atom is -0.456 e. The zero-order chi connectivity index (χ0) is 36.5. The second kappa shape index (κ2) is 12.4. The first-order valence-corrected chi connectivity index (χ1v) is 19.1. The van der Waals surface area contributed by atoms with Crippen molar-refractivity contribution in [2.24, 2.45) is 5.92 Å². The Morgan fingerprint density at radius 3 is 2.07 bits per heavy atom. The van der Waals surface area contributed by atoms with E-state index in [1.807, 2.05) is 18.2 Å². The second-order valence-corrected chi connectivity index (χ2v) is 14.9. The maximum atomic E-state index is 7.12. The first-order chi connectivity index (χ1) is 27.2. The zero-order valence-electron chi connectivity index (χ0n) is 30.4. The first-order valence-electron chi connectivity index (χ1n) is 19.1. The fourth-order valence-corrected chi connectivity index (χ4v) is 9.45. The molecule has 1 aromatic heterocycles. The molecule has 1 spiro atoms. The fourth-order valence-electron chi connectivity index (χ4n) is 9.45. The summed E-state index contributed by atoms with van der Waals surface area (Å²) in [5, 5.41) is 2.38. The van der Waals surface area contributed by atoms with Crippen LogP contribution >= 0.6 is 0 Å². The quantitative estimate of drug-likeness (QED) is 0.183. The van der Waals surface area contributed by atoms with Gasteiger partial charge >= 0.3 is 0 Å². The molecular weight excluding hydrogens is 669 g/mol. The number of nitrogens with zero attached hydrogens (tertiary/aromatic N) is 2. The summed E-state index contributed by atoms with van der Waals surface area (Å²) >= 11 is 0. The molecule has 0 amide bonds. The number of rotatable bonds is 4. The van der Waals surface area contributed by atoms with Crippen LogP contribution in [-0.2, 0) is 5.41 Å². The molecule has 3 heteroatoms. The van der Waals surface area contributed by atoms with E-state index in [4.69, 9.17) is 14.7 Å². The van der Waals surface area contributed by atoms with Crippen LogP contribution in [0.1, 0.15) is 35.6 Å². The van der Waals surface area contributed by atoms with Crippen LogP contribution < -0.4 is 4.74 Å². The van der Waals surface area contributed by atoms with E-state index in [0.717, 1.165) is 57.1 Å². The summed E-state index contributed by atoms with van der Waals surface area (Å²) in [4.78, 5) is 10.5. The van der Waals surface area contributed by atoms with Crippen LogP contribution in [0, 0.1) is 5.92 Å². The van der Waals surface area contributed by atoms with Gasteiger partial charge in [0.2, 0.25) is 0 Å². The van der Waals surface area contributed by atoms with Crippen molar-refractivity contribution in [1.29, 1.82) is 0 Å². The highest BCUT2D eigenvalue weighted by atomic mass is 16.5. The lowest BCUT2D eigenvalue weighted by molar-refractivity contribution is 0.426. The molecular formula is C52H36N2O. The van der Waals surface area contributed by atoms with Crippen molar-refractivity contribution in [3.8, 4) is 56.5 Å². The minimum atomic E-state index is -0.482. The van der Waals surface area contributed by atoms with Crippen LogP contribution in [0.15, 0.2) is 188 Å². The number of hydrogen-bond donors (Lipinski definition) is 0. The summed E-state index contributed by atoms with van der Waals surface area (Å²) in [5.74, 6) is 2.84. The number of benzene rings is 7. The van der Waals surface area contributed by atoms with Crippen molar-refractivity contribution >= 4 is 16.3 Å². The van der Waals surface area contributed by atoms with Crippen molar-refractivity contribution in [3.05, 3.63) is 210 Å². The molecule has 0 saturated carbocycles. The molecule has 3 aliphatic rings. The highest BCUT2D eigenvalue weighted by molar-refractivity contribution is 5.95.